The molecule has 1 aromatic rings. The van der Waals surface area contributed by atoms with Gasteiger partial charge >= 0.3 is 11.7 Å². The van der Waals surface area contributed by atoms with Crippen molar-refractivity contribution in [3.63, 3.8) is 0 Å². The number of H-pyrrole nitrogens is 1. The lowest BCUT2D eigenvalue weighted by Gasteiger charge is -2.39. The monoisotopic (exact) mass is 669 g/mol. The first-order chi connectivity index (χ1) is 20.3. The van der Waals surface area contributed by atoms with E-state index in [0.717, 1.165) is 10.6 Å². The zero-order chi connectivity index (χ0) is 32.3. The summed E-state index contributed by atoms with van der Waals surface area (Å²) < 4.78 is 49.4. The van der Waals surface area contributed by atoms with Gasteiger partial charge in [-0.25, -0.2) is 13.9 Å². The molecule has 1 fully saturated rings. The molecule has 3 unspecified atom stereocenters. The third-order valence-electron chi connectivity index (χ3n) is 6.86. The molecule has 2 rings (SSSR count). The van der Waals surface area contributed by atoms with E-state index in [9.17, 15) is 14.4 Å². The van der Waals surface area contributed by atoms with E-state index in [-0.39, 0.29) is 31.9 Å². The van der Waals surface area contributed by atoms with Crippen LogP contribution in [-0.4, -0.2) is 81.7 Å². The normalized spacial score (nSPS) is 22.9. The Balaban J connectivity index is 2.36. The number of halogens is 1. The van der Waals surface area contributed by atoms with Gasteiger partial charge in [-0.2, -0.15) is 0 Å². The summed E-state index contributed by atoms with van der Waals surface area (Å²) in [6.07, 6.45) is -2.75. The molecule has 1 saturated heterocycles. The number of esters is 1. The molecular formula is C28H49FN3O8PS2. The van der Waals surface area contributed by atoms with Crippen molar-refractivity contribution in [3.8, 4) is 0 Å². The van der Waals surface area contributed by atoms with Crippen molar-refractivity contribution in [3.05, 3.63) is 33.1 Å². The minimum atomic E-state index is -1.91. The minimum absolute atomic E-state index is 0.0384. The molecule has 15 heteroatoms. The highest BCUT2D eigenvalue weighted by atomic mass is 33.1. The predicted molar refractivity (Wildman–Crippen MR) is 171 cm³/mol. The van der Waals surface area contributed by atoms with Gasteiger partial charge in [0.15, 0.2) is 12.4 Å². The van der Waals surface area contributed by atoms with Crippen LogP contribution in [0, 0.1) is 5.41 Å². The maximum Gasteiger partial charge on any atom is 0.330 e. The van der Waals surface area contributed by atoms with Crippen LogP contribution in [0.4, 0.5) is 4.39 Å². The number of carbonyl (C=O) groups is 1. The maximum atomic E-state index is 16.1. The second kappa shape index (κ2) is 18.2. The highest BCUT2D eigenvalue weighted by Gasteiger charge is 2.50. The van der Waals surface area contributed by atoms with Crippen LogP contribution in [0.5, 0.6) is 0 Å². The molecule has 1 N–H and O–H groups in total. The van der Waals surface area contributed by atoms with Crippen molar-refractivity contribution < 1.29 is 32.4 Å². The van der Waals surface area contributed by atoms with Gasteiger partial charge in [-0.1, -0.05) is 49.3 Å². The molecule has 43 heavy (non-hydrogen) atoms. The Hall–Kier alpha value is -0.990. The minimum Gasteiger partial charge on any atom is -0.465 e. The fourth-order valence-electron chi connectivity index (χ4n) is 4.64. The van der Waals surface area contributed by atoms with Crippen molar-refractivity contribution in [2.24, 2.45) is 5.41 Å². The highest BCUT2D eigenvalue weighted by molar-refractivity contribution is 8.76. The number of aromatic amines is 1. The smallest absolute Gasteiger partial charge is 0.330 e. The Morgan fingerprint density at radius 2 is 1.84 bits per heavy atom. The number of nitrogens with one attached hydrogen (secondary N) is 1. The molecule has 1 aromatic heterocycles. The fraction of sp³-hybridized carbons (Fsp3) is 0.821. The lowest BCUT2D eigenvalue weighted by atomic mass is 9.87. The Morgan fingerprint density at radius 3 is 2.37 bits per heavy atom. The molecule has 6 atom stereocenters. The molecule has 0 spiro atoms. The van der Waals surface area contributed by atoms with Gasteiger partial charge < -0.3 is 23.3 Å². The van der Waals surface area contributed by atoms with Gasteiger partial charge in [0.25, 0.3) is 14.1 Å². The Morgan fingerprint density at radius 1 is 1.16 bits per heavy atom. The molecule has 11 nitrogen and oxygen atoms in total. The fourth-order valence-corrected chi connectivity index (χ4v) is 8.18. The molecule has 2 heterocycles. The number of nitrogens with zero attached hydrogens (tertiary/aromatic N) is 2. The highest BCUT2D eigenvalue weighted by Crippen LogP contribution is 2.52. The molecular weight excluding hydrogens is 620 g/mol. The summed E-state index contributed by atoms with van der Waals surface area (Å²) in [7, 11) is 1.35. The van der Waals surface area contributed by atoms with E-state index in [0.29, 0.717) is 24.0 Å². The number of hydrogen-bond donors (Lipinski definition) is 1. The lowest BCUT2D eigenvalue weighted by Crippen LogP contribution is -2.43. The number of alkyl halides is 1. The van der Waals surface area contributed by atoms with Gasteiger partial charge in [0.05, 0.1) is 25.9 Å². The van der Waals surface area contributed by atoms with Crippen LogP contribution in [0.3, 0.4) is 0 Å². The maximum absolute atomic E-state index is 16.1. The van der Waals surface area contributed by atoms with Gasteiger partial charge in [-0.3, -0.25) is 19.1 Å². The quantitative estimate of drug-likeness (QED) is 0.0647. The lowest BCUT2D eigenvalue weighted by molar-refractivity contribution is -0.162. The second-order valence-corrected chi connectivity index (χ2v) is 15.5. The van der Waals surface area contributed by atoms with Crippen LogP contribution >= 0.6 is 30.1 Å². The molecule has 0 radical (unpaired) electrons. The van der Waals surface area contributed by atoms with Crippen LogP contribution in [0.15, 0.2) is 21.9 Å². The topological polar surface area (TPSA) is 121 Å². The molecule has 0 aromatic carbocycles. The number of carbonyl (C=O) groups excluding carboxylic acids is 1. The van der Waals surface area contributed by atoms with Crippen molar-refractivity contribution >= 4 is 36.1 Å². The predicted octanol–water partition coefficient (Wildman–Crippen LogP) is 5.65. The molecule has 0 aliphatic carbocycles. The zero-order valence-electron chi connectivity index (χ0n) is 26.7. The van der Waals surface area contributed by atoms with Crippen LogP contribution in [0.1, 0.15) is 81.4 Å². The average Bonchev–Trinajstić information content (AvgIpc) is 3.24. The summed E-state index contributed by atoms with van der Waals surface area (Å²) in [5.74, 6) is -0.0300. The third-order valence-corrected chi connectivity index (χ3v) is 11.6. The summed E-state index contributed by atoms with van der Waals surface area (Å²) in [5, 5.41) is 0.435. The average molecular weight is 670 g/mol. The van der Waals surface area contributed by atoms with Gasteiger partial charge in [0.2, 0.25) is 0 Å². The largest absolute Gasteiger partial charge is 0.465 e. The van der Waals surface area contributed by atoms with E-state index in [4.69, 9.17) is 23.3 Å². The number of ether oxygens (including phenoxy) is 3. The van der Waals surface area contributed by atoms with Gasteiger partial charge in [-0.15, -0.1) is 0 Å². The van der Waals surface area contributed by atoms with Crippen LogP contribution < -0.4 is 11.2 Å². The summed E-state index contributed by atoms with van der Waals surface area (Å²) in [5.41, 5.74) is -2.45. The third kappa shape index (κ3) is 10.5. The molecule has 1 aliphatic heterocycles. The molecule has 0 amide bonds. The summed E-state index contributed by atoms with van der Waals surface area (Å²) in [4.78, 5) is 39.4. The number of hydrogen-bond acceptors (Lipinski definition) is 11. The Labute approximate surface area is 263 Å². The Bertz CT molecular complexity index is 1100. The standard InChI is InChI=1S/C28H49FN3O8PS2/c1-10-21-24(23(29)25(39-21)31-14-13-22(33)30-27(31)35)40-41(32(18(4)5)19(6)7)38-16-28(11-2,26(34)37-12-3)15-36-17-42-43-20(8)9/h13-14,18-21,23-25H,10-12,15-17H2,1-9H3,(H,30,33,35)/t21-,23+,24?,25-,28?,41?/m1/s1. The van der Waals surface area contributed by atoms with E-state index >= 15 is 4.39 Å². The number of aromatic nitrogens is 2. The van der Waals surface area contributed by atoms with Gasteiger partial charge in [0.1, 0.15) is 17.5 Å². The molecule has 0 bridgehead atoms. The zero-order valence-corrected chi connectivity index (χ0v) is 29.3. The number of rotatable bonds is 19. The summed E-state index contributed by atoms with van der Waals surface area (Å²) >= 11 is 0. The van der Waals surface area contributed by atoms with Crippen molar-refractivity contribution in [1.82, 2.24) is 14.2 Å². The second-order valence-electron chi connectivity index (χ2n) is 11.2. The first-order valence-corrected chi connectivity index (χ1v) is 18.3. The van der Waals surface area contributed by atoms with Crippen LogP contribution in [0.25, 0.3) is 0 Å². The van der Waals surface area contributed by atoms with E-state index in [1.165, 1.54) is 6.20 Å². The molecule has 1 aliphatic rings. The first-order valence-electron chi connectivity index (χ1n) is 14.8. The van der Waals surface area contributed by atoms with E-state index in [1.807, 2.05) is 46.2 Å². The summed E-state index contributed by atoms with van der Waals surface area (Å²) in [6.45, 7) is 17.9. The van der Waals surface area contributed by atoms with Crippen molar-refractivity contribution in [2.75, 3.05) is 25.8 Å². The van der Waals surface area contributed by atoms with Crippen LogP contribution in [-0.2, 0) is 28.1 Å². The molecule has 248 valence electrons. The van der Waals surface area contributed by atoms with Crippen molar-refractivity contribution in [1.29, 1.82) is 0 Å². The van der Waals surface area contributed by atoms with E-state index in [2.05, 4.69) is 18.8 Å². The van der Waals surface area contributed by atoms with Gasteiger partial charge in [-0.05, 0) is 47.5 Å². The van der Waals surface area contributed by atoms with E-state index < -0.39 is 55.8 Å². The first kappa shape index (κ1) is 38.2. The van der Waals surface area contributed by atoms with Crippen molar-refractivity contribution in [2.45, 2.75) is 117 Å². The Kier molecular flexibility index (Phi) is 16.2. The molecule has 0 saturated carbocycles. The van der Waals surface area contributed by atoms with Crippen LogP contribution in [0.2, 0.25) is 0 Å². The van der Waals surface area contributed by atoms with Gasteiger partial charge in [0, 0.05) is 29.6 Å². The SMILES string of the molecule is CCOC(=O)C(CC)(COCSSC(C)C)COP(OC1[C@@H](CC)O[C@@H](n2ccc(=O)[nH]c2=O)[C@H]1F)N(C(C)C)C(C)C. The summed E-state index contributed by atoms with van der Waals surface area (Å²) in [6, 6.07) is 1.07. The van der Waals surface area contributed by atoms with E-state index in [1.54, 1.807) is 28.5 Å².